The van der Waals surface area contributed by atoms with Crippen LogP contribution in [0.4, 0.5) is 0 Å². The van der Waals surface area contributed by atoms with Crippen molar-refractivity contribution in [2.75, 3.05) is 0 Å². The number of benzene rings is 9. The minimum atomic E-state index is 0.704. The van der Waals surface area contributed by atoms with Crippen molar-refractivity contribution in [2.24, 2.45) is 0 Å². The van der Waals surface area contributed by atoms with E-state index in [2.05, 4.69) is 205 Å². The summed E-state index contributed by atoms with van der Waals surface area (Å²) in [7, 11) is 0. The Morgan fingerprint density at radius 1 is 0.364 bits per heavy atom. The summed E-state index contributed by atoms with van der Waals surface area (Å²) in [6.45, 7) is 0. The van der Waals surface area contributed by atoms with Gasteiger partial charge in [-0.05, 0) is 68.7 Å². The van der Waals surface area contributed by atoms with Crippen LogP contribution in [0.15, 0.2) is 200 Å². The highest BCUT2D eigenvalue weighted by Crippen LogP contribution is 2.45. The Morgan fingerprint density at radius 2 is 0.964 bits per heavy atom. The normalized spacial score (nSPS) is 11.6. The van der Waals surface area contributed by atoms with Crippen molar-refractivity contribution in [1.82, 2.24) is 14.5 Å². The highest BCUT2D eigenvalue weighted by atomic mass is 15.0. The van der Waals surface area contributed by atoms with Gasteiger partial charge in [-0.15, -0.1) is 0 Å². The summed E-state index contributed by atoms with van der Waals surface area (Å²) >= 11 is 0. The van der Waals surface area contributed by atoms with Crippen molar-refractivity contribution in [2.45, 2.75) is 0 Å². The molecule has 3 nitrogen and oxygen atoms in total. The fraction of sp³-hybridized carbons (Fsp3) is 0. The van der Waals surface area contributed by atoms with Gasteiger partial charge in [0.25, 0.3) is 0 Å². The predicted octanol–water partition coefficient (Wildman–Crippen LogP) is 13.7. The molecule has 0 saturated carbocycles. The molecule has 0 spiro atoms. The summed E-state index contributed by atoms with van der Waals surface area (Å²) in [6, 6.07) is 71.5. The first kappa shape index (κ1) is 31.2. The van der Waals surface area contributed by atoms with Crippen molar-refractivity contribution >= 4 is 54.3 Å². The van der Waals surface area contributed by atoms with Gasteiger partial charge in [-0.2, -0.15) is 0 Å². The maximum absolute atomic E-state index is 5.42. The first-order valence-electron chi connectivity index (χ1n) is 18.8. The number of fused-ring (bicyclic) bond motifs is 7. The van der Waals surface area contributed by atoms with Crippen LogP contribution in [0.5, 0.6) is 0 Å². The van der Waals surface area contributed by atoms with E-state index < -0.39 is 0 Å². The third-order valence-electron chi connectivity index (χ3n) is 11.0. The molecule has 0 amide bonds. The number of nitrogens with zero attached hydrogens (tertiary/aromatic N) is 3. The van der Waals surface area contributed by atoms with Gasteiger partial charge in [0.05, 0.1) is 22.2 Å². The first-order chi connectivity index (χ1) is 27.3. The number of aromatic nitrogens is 3. The molecule has 0 aliphatic carbocycles. The van der Waals surface area contributed by atoms with Crippen molar-refractivity contribution in [1.29, 1.82) is 0 Å². The van der Waals surface area contributed by atoms with Gasteiger partial charge in [0.2, 0.25) is 0 Å². The lowest BCUT2D eigenvalue weighted by Gasteiger charge is -2.15. The van der Waals surface area contributed by atoms with Gasteiger partial charge < -0.3 is 4.57 Å². The highest BCUT2D eigenvalue weighted by Gasteiger charge is 2.22. The van der Waals surface area contributed by atoms with Gasteiger partial charge in [-0.25, -0.2) is 9.97 Å². The van der Waals surface area contributed by atoms with Crippen LogP contribution in [-0.4, -0.2) is 14.5 Å². The Balaban J connectivity index is 1.14. The van der Waals surface area contributed by atoms with Crippen LogP contribution in [0.3, 0.4) is 0 Å². The van der Waals surface area contributed by atoms with Crippen molar-refractivity contribution in [3.05, 3.63) is 200 Å². The fourth-order valence-electron chi connectivity index (χ4n) is 8.51. The Labute approximate surface area is 318 Å². The van der Waals surface area contributed by atoms with Crippen molar-refractivity contribution < 1.29 is 0 Å². The van der Waals surface area contributed by atoms with Crippen molar-refractivity contribution in [3.63, 3.8) is 0 Å². The molecule has 0 fully saturated rings. The Hall–Kier alpha value is -7.36. The number of para-hydroxylation sites is 3. The molecule has 11 rings (SSSR count). The molecular formula is C52H33N3. The standard InChI is InChI=1S/C52H33N3/c1-2-18-38(19-3-1)55-48-28-13-11-25-45(48)49-46(33-37-16-5-7-21-41(37)51(49)55)42-22-8-9-23-43(42)52-53-47-27-12-10-24-44(47)50(54-52)36-31-29-35(30-32-36)40-26-14-17-34-15-4-6-20-39(34)40/h1-33H. The van der Waals surface area contributed by atoms with Crippen molar-refractivity contribution in [3.8, 4) is 50.6 Å². The molecule has 0 aliphatic rings. The van der Waals surface area contributed by atoms with E-state index in [0.717, 1.165) is 44.5 Å². The topological polar surface area (TPSA) is 30.7 Å². The third kappa shape index (κ3) is 5.05. The van der Waals surface area contributed by atoms with E-state index in [1.165, 1.54) is 54.5 Å². The molecule has 3 heteroatoms. The summed E-state index contributed by atoms with van der Waals surface area (Å²) in [5.74, 6) is 0.704. The minimum absolute atomic E-state index is 0.704. The molecule has 11 aromatic rings. The molecule has 55 heavy (non-hydrogen) atoms. The first-order valence-corrected chi connectivity index (χ1v) is 18.8. The molecule has 0 N–H and O–H groups in total. The zero-order valence-electron chi connectivity index (χ0n) is 29.9. The monoisotopic (exact) mass is 699 g/mol. The third-order valence-corrected chi connectivity index (χ3v) is 11.0. The van der Waals surface area contributed by atoms with Crippen LogP contribution in [0, 0.1) is 0 Å². The molecular weight excluding hydrogens is 667 g/mol. The van der Waals surface area contributed by atoms with Crippen LogP contribution < -0.4 is 0 Å². The lowest BCUT2D eigenvalue weighted by atomic mass is 9.92. The summed E-state index contributed by atoms with van der Waals surface area (Å²) in [5, 5.41) is 8.35. The van der Waals surface area contributed by atoms with E-state index in [4.69, 9.17) is 9.97 Å². The Bertz CT molecular complexity index is 3240. The van der Waals surface area contributed by atoms with E-state index in [1.807, 2.05) is 0 Å². The summed E-state index contributed by atoms with van der Waals surface area (Å²) in [4.78, 5) is 10.7. The smallest absolute Gasteiger partial charge is 0.161 e. The second kappa shape index (κ2) is 12.6. The van der Waals surface area contributed by atoms with Gasteiger partial charge >= 0.3 is 0 Å². The molecule has 2 heterocycles. The molecule has 0 radical (unpaired) electrons. The minimum Gasteiger partial charge on any atom is -0.309 e. The van der Waals surface area contributed by atoms with Crippen LogP contribution in [0.2, 0.25) is 0 Å². The number of hydrogen-bond donors (Lipinski definition) is 0. The maximum atomic E-state index is 5.42. The van der Waals surface area contributed by atoms with Crippen LogP contribution in [0.25, 0.3) is 105 Å². The van der Waals surface area contributed by atoms with Crippen LogP contribution in [-0.2, 0) is 0 Å². The van der Waals surface area contributed by atoms with Crippen LogP contribution >= 0.6 is 0 Å². The van der Waals surface area contributed by atoms with E-state index in [0.29, 0.717) is 5.82 Å². The molecule has 2 aromatic heterocycles. The summed E-state index contributed by atoms with van der Waals surface area (Å²) < 4.78 is 2.42. The zero-order chi connectivity index (χ0) is 36.3. The fourth-order valence-corrected chi connectivity index (χ4v) is 8.51. The van der Waals surface area contributed by atoms with E-state index >= 15 is 0 Å². The average molecular weight is 700 g/mol. The second-order valence-electron chi connectivity index (χ2n) is 14.1. The van der Waals surface area contributed by atoms with Gasteiger partial charge in [0.1, 0.15) is 0 Å². The van der Waals surface area contributed by atoms with Gasteiger partial charge in [0, 0.05) is 38.4 Å². The average Bonchev–Trinajstić information content (AvgIpc) is 3.62. The Morgan fingerprint density at radius 3 is 1.80 bits per heavy atom. The quantitative estimate of drug-likeness (QED) is 0.179. The Kier molecular flexibility index (Phi) is 7.17. The molecule has 0 bridgehead atoms. The molecule has 9 aromatic carbocycles. The SMILES string of the molecule is c1ccc(-n2c3ccccc3c3c(-c4ccccc4-c4nc(-c5ccc(-c6cccc7ccccc67)cc5)c5ccccc5n4)cc4ccccc4c32)cc1. The lowest BCUT2D eigenvalue weighted by Crippen LogP contribution is -1.97. The number of rotatable bonds is 5. The highest BCUT2D eigenvalue weighted by molar-refractivity contribution is 6.24. The largest absolute Gasteiger partial charge is 0.309 e. The van der Waals surface area contributed by atoms with Crippen LogP contribution in [0.1, 0.15) is 0 Å². The summed E-state index contributed by atoms with van der Waals surface area (Å²) in [5.41, 5.74) is 12.1. The van der Waals surface area contributed by atoms with E-state index in [-0.39, 0.29) is 0 Å². The molecule has 0 atom stereocenters. The zero-order valence-corrected chi connectivity index (χ0v) is 29.9. The molecule has 0 saturated heterocycles. The number of hydrogen-bond acceptors (Lipinski definition) is 2. The maximum Gasteiger partial charge on any atom is 0.161 e. The van der Waals surface area contributed by atoms with Gasteiger partial charge in [0.15, 0.2) is 5.82 Å². The molecule has 0 unspecified atom stereocenters. The van der Waals surface area contributed by atoms with Gasteiger partial charge in [-0.3, -0.25) is 0 Å². The van der Waals surface area contributed by atoms with Gasteiger partial charge in [-0.1, -0.05) is 170 Å². The lowest BCUT2D eigenvalue weighted by molar-refractivity contribution is 1.19. The predicted molar refractivity (Wildman–Crippen MR) is 231 cm³/mol. The van der Waals surface area contributed by atoms with E-state index in [9.17, 15) is 0 Å². The molecule has 0 aliphatic heterocycles. The molecule has 256 valence electrons. The second-order valence-corrected chi connectivity index (χ2v) is 14.1. The summed E-state index contributed by atoms with van der Waals surface area (Å²) in [6.07, 6.45) is 0. The van der Waals surface area contributed by atoms with E-state index in [1.54, 1.807) is 0 Å².